The third kappa shape index (κ3) is 2.90. The van der Waals surface area contributed by atoms with Crippen molar-refractivity contribution in [3.05, 3.63) is 39.6 Å². The van der Waals surface area contributed by atoms with Crippen molar-refractivity contribution < 1.29 is 4.79 Å². The molecule has 1 fully saturated rings. The van der Waals surface area contributed by atoms with Crippen LogP contribution >= 0.6 is 0 Å². The largest absolute Gasteiger partial charge is 0.343 e. The molecule has 1 saturated heterocycles. The molecule has 0 aromatic carbocycles. The number of amides is 1. The summed E-state index contributed by atoms with van der Waals surface area (Å²) in [4.78, 5) is 30.9. The highest BCUT2D eigenvalue weighted by molar-refractivity contribution is 5.91. The summed E-state index contributed by atoms with van der Waals surface area (Å²) in [6.07, 6.45) is 1.51. The maximum atomic E-state index is 13.0. The summed E-state index contributed by atoms with van der Waals surface area (Å²) in [5.74, 6) is 1.52. The van der Waals surface area contributed by atoms with Crippen LogP contribution < -0.4 is 5.69 Å². The van der Waals surface area contributed by atoms with E-state index in [1.807, 2.05) is 26.8 Å². The van der Waals surface area contributed by atoms with Gasteiger partial charge in [0.15, 0.2) is 0 Å². The average molecular weight is 370 g/mol. The minimum absolute atomic E-state index is 0.149. The molecule has 3 aromatic heterocycles. The minimum Gasteiger partial charge on any atom is -0.336 e. The lowest BCUT2D eigenvalue weighted by molar-refractivity contribution is 0.0696. The van der Waals surface area contributed by atoms with Crippen molar-refractivity contribution in [1.29, 1.82) is 0 Å². The van der Waals surface area contributed by atoms with Gasteiger partial charge in [0.25, 0.3) is 11.7 Å². The second-order valence-electron chi connectivity index (χ2n) is 6.90. The Bertz CT molecular complexity index is 1050. The van der Waals surface area contributed by atoms with Crippen LogP contribution in [0.1, 0.15) is 53.5 Å². The molecule has 0 radical (unpaired) electrons. The van der Waals surface area contributed by atoms with E-state index in [9.17, 15) is 9.59 Å². The summed E-state index contributed by atoms with van der Waals surface area (Å²) in [6, 6.07) is 1.90. The fraction of sp³-hybridized carbons (Fsp3) is 0.529. The molecule has 0 aliphatic carbocycles. The molecule has 1 aliphatic heterocycles. The maximum absolute atomic E-state index is 13.0. The van der Waals surface area contributed by atoms with E-state index in [1.165, 1.54) is 0 Å². The van der Waals surface area contributed by atoms with Gasteiger partial charge < -0.3 is 4.90 Å². The molecule has 1 amide bonds. The van der Waals surface area contributed by atoms with E-state index in [2.05, 4.69) is 25.4 Å². The lowest BCUT2D eigenvalue weighted by Crippen LogP contribution is -2.39. The number of carbonyl (C=O) groups excluding carboxylic acids is 1. The third-order valence-electron chi connectivity index (χ3n) is 5.14. The summed E-state index contributed by atoms with van der Waals surface area (Å²) >= 11 is 0. The van der Waals surface area contributed by atoms with Crippen molar-refractivity contribution in [2.75, 3.05) is 13.1 Å². The second kappa shape index (κ2) is 6.60. The second-order valence-corrected chi connectivity index (χ2v) is 6.90. The summed E-state index contributed by atoms with van der Waals surface area (Å²) in [5, 5.41) is 14.8. The minimum atomic E-state index is -0.181. The number of rotatable bonds is 3. The molecule has 10 heteroatoms. The Morgan fingerprint density at radius 2 is 2.00 bits per heavy atom. The lowest BCUT2D eigenvalue weighted by atomic mass is 9.96. The highest BCUT2D eigenvalue weighted by atomic mass is 16.2. The van der Waals surface area contributed by atoms with Gasteiger partial charge in [-0.2, -0.15) is 5.10 Å². The van der Waals surface area contributed by atoms with Crippen LogP contribution in [0.2, 0.25) is 0 Å². The first-order valence-corrected chi connectivity index (χ1v) is 9.13. The Balaban J connectivity index is 1.53. The number of aromatic amines is 1. The van der Waals surface area contributed by atoms with Crippen molar-refractivity contribution >= 4 is 11.7 Å². The highest BCUT2D eigenvalue weighted by Crippen LogP contribution is 2.26. The van der Waals surface area contributed by atoms with E-state index in [-0.39, 0.29) is 17.5 Å². The molecule has 0 unspecified atom stereocenters. The van der Waals surface area contributed by atoms with Gasteiger partial charge in [-0.05, 0) is 39.7 Å². The molecular formula is C17H22N8O2. The van der Waals surface area contributed by atoms with Crippen LogP contribution in [-0.2, 0) is 6.54 Å². The van der Waals surface area contributed by atoms with Gasteiger partial charge in [0.1, 0.15) is 5.82 Å². The lowest BCUT2D eigenvalue weighted by Gasteiger charge is -2.31. The quantitative estimate of drug-likeness (QED) is 0.725. The SMILES string of the molecule is CCn1c(C2CCN(C(=O)c3nnc4nc(C)cc(C)n34)CC2)n[nH]c1=O. The van der Waals surface area contributed by atoms with Crippen molar-refractivity contribution in [2.24, 2.45) is 0 Å². The molecular weight excluding hydrogens is 348 g/mol. The number of aromatic nitrogens is 7. The molecule has 4 heterocycles. The molecule has 0 saturated carbocycles. The van der Waals surface area contributed by atoms with Crippen LogP contribution in [0.4, 0.5) is 0 Å². The summed E-state index contributed by atoms with van der Waals surface area (Å²) in [5.41, 5.74) is 1.54. The van der Waals surface area contributed by atoms with Gasteiger partial charge in [-0.15, -0.1) is 10.2 Å². The Hall–Kier alpha value is -3.04. The van der Waals surface area contributed by atoms with Gasteiger partial charge in [0.05, 0.1) is 0 Å². The predicted molar refractivity (Wildman–Crippen MR) is 96.7 cm³/mol. The van der Waals surface area contributed by atoms with Crippen LogP contribution in [0.3, 0.4) is 0 Å². The third-order valence-corrected chi connectivity index (χ3v) is 5.14. The molecule has 0 atom stereocenters. The normalized spacial score (nSPS) is 15.6. The van der Waals surface area contributed by atoms with Crippen LogP contribution in [0.25, 0.3) is 5.78 Å². The first-order valence-electron chi connectivity index (χ1n) is 9.13. The fourth-order valence-corrected chi connectivity index (χ4v) is 3.80. The molecule has 142 valence electrons. The number of likely N-dealkylation sites (tertiary alicyclic amines) is 1. The fourth-order valence-electron chi connectivity index (χ4n) is 3.80. The standard InChI is InChI=1S/C17H22N8O2/c1-4-24-13(19-22-17(24)27)12-5-7-23(8-6-12)15(26)14-20-21-16-18-10(2)9-11(3)25(14)16/h9,12H,4-8H2,1-3H3,(H,22,27). The molecule has 4 rings (SSSR count). The number of aryl methyl sites for hydroxylation is 2. The number of H-pyrrole nitrogens is 1. The number of nitrogens with one attached hydrogen (secondary N) is 1. The first kappa shape index (κ1) is 17.4. The number of hydrogen-bond acceptors (Lipinski definition) is 6. The molecule has 27 heavy (non-hydrogen) atoms. The van der Waals surface area contributed by atoms with E-state index in [4.69, 9.17) is 0 Å². The van der Waals surface area contributed by atoms with Gasteiger partial charge in [-0.3, -0.25) is 13.8 Å². The van der Waals surface area contributed by atoms with Gasteiger partial charge in [-0.25, -0.2) is 14.9 Å². The summed E-state index contributed by atoms with van der Waals surface area (Å²) in [6.45, 7) is 7.48. The van der Waals surface area contributed by atoms with Gasteiger partial charge in [0, 0.05) is 36.9 Å². The number of nitrogens with zero attached hydrogens (tertiary/aromatic N) is 7. The van der Waals surface area contributed by atoms with Gasteiger partial charge in [-0.1, -0.05) is 0 Å². The summed E-state index contributed by atoms with van der Waals surface area (Å²) < 4.78 is 3.36. The van der Waals surface area contributed by atoms with Crippen LogP contribution in [0.5, 0.6) is 0 Å². The van der Waals surface area contributed by atoms with E-state index in [0.717, 1.165) is 30.1 Å². The molecule has 10 nitrogen and oxygen atoms in total. The van der Waals surface area contributed by atoms with Crippen LogP contribution in [0.15, 0.2) is 10.9 Å². The number of hydrogen-bond donors (Lipinski definition) is 1. The van der Waals surface area contributed by atoms with Crippen molar-refractivity contribution in [3.63, 3.8) is 0 Å². The predicted octanol–water partition coefficient (Wildman–Crippen LogP) is 0.666. The Labute approximate surface area is 155 Å². The monoisotopic (exact) mass is 370 g/mol. The topological polar surface area (TPSA) is 114 Å². The number of piperidine rings is 1. The van der Waals surface area contributed by atoms with Gasteiger partial charge in [0.2, 0.25) is 5.82 Å². The molecule has 0 spiro atoms. The van der Waals surface area contributed by atoms with Crippen molar-refractivity contribution in [2.45, 2.75) is 46.1 Å². The number of fused-ring (bicyclic) bond motifs is 1. The van der Waals surface area contributed by atoms with E-state index >= 15 is 0 Å². The average Bonchev–Trinajstić information content (AvgIpc) is 3.24. The van der Waals surface area contributed by atoms with Crippen LogP contribution in [0, 0.1) is 13.8 Å². The van der Waals surface area contributed by atoms with Crippen molar-refractivity contribution in [3.8, 4) is 0 Å². The van der Waals surface area contributed by atoms with E-state index in [0.29, 0.717) is 31.2 Å². The number of carbonyl (C=O) groups is 1. The molecule has 3 aromatic rings. The zero-order chi connectivity index (χ0) is 19.1. The smallest absolute Gasteiger partial charge is 0.336 e. The summed E-state index contributed by atoms with van der Waals surface area (Å²) in [7, 11) is 0. The zero-order valence-corrected chi connectivity index (χ0v) is 15.6. The van der Waals surface area contributed by atoms with Gasteiger partial charge >= 0.3 is 5.69 Å². The highest BCUT2D eigenvalue weighted by Gasteiger charge is 2.30. The Morgan fingerprint density at radius 3 is 2.70 bits per heavy atom. The maximum Gasteiger partial charge on any atom is 0.343 e. The zero-order valence-electron chi connectivity index (χ0n) is 15.6. The first-order chi connectivity index (χ1) is 13.0. The van der Waals surface area contributed by atoms with Crippen LogP contribution in [-0.4, -0.2) is 58.2 Å². The Morgan fingerprint density at radius 1 is 1.26 bits per heavy atom. The van der Waals surface area contributed by atoms with E-state index in [1.54, 1.807) is 13.9 Å². The molecule has 0 bridgehead atoms. The molecule has 1 aliphatic rings. The Kier molecular flexibility index (Phi) is 4.25. The van der Waals surface area contributed by atoms with Crippen molar-refractivity contribution in [1.82, 2.24) is 39.2 Å². The van der Waals surface area contributed by atoms with E-state index < -0.39 is 0 Å². The molecule has 1 N–H and O–H groups in total.